The van der Waals surface area contributed by atoms with Crippen molar-refractivity contribution >= 4 is 0 Å². The van der Waals surface area contributed by atoms with Crippen molar-refractivity contribution < 1.29 is 9.47 Å². The van der Waals surface area contributed by atoms with Gasteiger partial charge in [0.1, 0.15) is 11.5 Å². The lowest BCUT2D eigenvalue weighted by atomic mass is 9.99. The lowest BCUT2D eigenvalue weighted by Crippen LogP contribution is -2.06. The summed E-state index contributed by atoms with van der Waals surface area (Å²) in [7, 11) is 0. The van der Waals surface area contributed by atoms with E-state index in [0.717, 1.165) is 17.9 Å². The molecule has 0 spiro atoms. The maximum absolute atomic E-state index is 5.74. The van der Waals surface area contributed by atoms with E-state index in [1.54, 1.807) is 0 Å². The van der Waals surface area contributed by atoms with Gasteiger partial charge in [-0.15, -0.1) is 0 Å². The fourth-order valence-corrected chi connectivity index (χ4v) is 2.69. The third-order valence-electron chi connectivity index (χ3n) is 4.45. The normalized spacial score (nSPS) is 11.8. The molecule has 0 amide bonds. The number of hydrogen-bond donors (Lipinski definition) is 0. The molecule has 0 N–H and O–H groups in total. The summed E-state index contributed by atoms with van der Waals surface area (Å²) in [4.78, 5) is 0. The summed E-state index contributed by atoms with van der Waals surface area (Å²) in [6.07, 6.45) is 1.12. The van der Waals surface area contributed by atoms with Crippen molar-refractivity contribution in [3.8, 4) is 22.6 Å². The molecule has 0 aromatic heterocycles. The summed E-state index contributed by atoms with van der Waals surface area (Å²) in [6.45, 7) is 4.62. The largest absolute Gasteiger partial charge is 0.458 e. The molecule has 3 aromatic rings. The Labute approximate surface area is 150 Å². The summed E-state index contributed by atoms with van der Waals surface area (Å²) in [5.74, 6) is 2.19. The van der Waals surface area contributed by atoms with Crippen molar-refractivity contribution in [1.29, 1.82) is 0 Å². The molecule has 128 valence electrons. The molecule has 0 heterocycles. The van der Waals surface area contributed by atoms with Gasteiger partial charge in [-0.2, -0.15) is 0 Å². The molecule has 0 fully saturated rings. The van der Waals surface area contributed by atoms with Gasteiger partial charge in [0, 0.05) is 0 Å². The van der Waals surface area contributed by atoms with Crippen molar-refractivity contribution in [2.24, 2.45) is 0 Å². The average molecular weight is 332 g/mol. The van der Waals surface area contributed by atoms with Gasteiger partial charge in [-0.25, -0.2) is 0 Å². The maximum Gasteiger partial charge on any atom is 0.230 e. The molecule has 25 heavy (non-hydrogen) atoms. The highest BCUT2D eigenvalue weighted by atomic mass is 16.7. The van der Waals surface area contributed by atoms with Crippen LogP contribution in [0.2, 0.25) is 0 Å². The van der Waals surface area contributed by atoms with Crippen LogP contribution in [0.4, 0.5) is 0 Å². The Kier molecular flexibility index (Phi) is 5.73. The van der Waals surface area contributed by atoms with Crippen LogP contribution in [-0.4, -0.2) is 6.79 Å². The molecular formula is C23H24O2. The first kappa shape index (κ1) is 17.1. The lowest BCUT2D eigenvalue weighted by molar-refractivity contribution is 0.120. The van der Waals surface area contributed by atoms with Crippen molar-refractivity contribution in [1.82, 2.24) is 0 Å². The van der Waals surface area contributed by atoms with Gasteiger partial charge in [0.25, 0.3) is 0 Å². The minimum Gasteiger partial charge on any atom is -0.458 e. The third-order valence-corrected chi connectivity index (χ3v) is 4.45. The maximum atomic E-state index is 5.74. The topological polar surface area (TPSA) is 18.5 Å². The van der Waals surface area contributed by atoms with E-state index in [9.17, 15) is 0 Å². The number of benzene rings is 3. The van der Waals surface area contributed by atoms with Crippen molar-refractivity contribution in [2.75, 3.05) is 6.79 Å². The van der Waals surface area contributed by atoms with E-state index >= 15 is 0 Å². The van der Waals surface area contributed by atoms with Gasteiger partial charge in [0.05, 0.1) is 0 Å². The van der Waals surface area contributed by atoms with Crippen LogP contribution in [0.5, 0.6) is 11.5 Å². The van der Waals surface area contributed by atoms with Crippen LogP contribution in [-0.2, 0) is 0 Å². The molecule has 0 saturated heterocycles. The molecule has 0 aliphatic heterocycles. The van der Waals surface area contributed by atoms with E-state index in [4.69, 9.17) is 9.47 Å². The van der Waals surface area contributed by atoms with Crippen LogP contribution in [0.3, 0.4) is 0 Å². The summed E-state index contributed by atoms with van der Waals surface area (Å²) in [6, 6.07) is 26.6. The van der Waals surface area contributed by atoms with Crippen molar-refractivity contribution in [2.45, 2.75) is 26.2 Å². The second kappa shape index (κ2) is 8.39. The molecule has 1 unspecified atom stereocenters. The quantitative estimate of drug-likeness (QED) is 0.474. The number of rotatable bonds is 7. The first-order valence-corrected chi connectivity index (χ1v) is 8.77. The second-order valence-corrected chi connectivity index (χ2v) is 6.18. The Bertz CT molecular complexity index is 779. The van der Waals surface area contributed by atoms with Crippen LogP contribution in [0.1, 0.15) is 31.7 Å². The van der Waals surface area contributed by atoms with Gasteiger partial charge < -0.3 is 9.47 Å². The molecule has 0 saturated carbocycles. The zero-order valence-corrected chi connectivity index (χ0v) is 14.8. The summed E-state index contributed by atoms with van der Waals surface area (Å²) < 4.78 is 11.4. The van der Waals surface area contributed by atoms with E-state index < -0.39 is 0 Å². The molecule has 2 heteroatoms. The minimum absolute atomic E-state index is 0.203. The van der Waals surface area contributed by atoms with Crippen molar-refractivity contribution in [3.63, 3.8) is 0 Å². The average Bonchev–Trinajstić information content (AvgIpc) is 2.69. The molecule has 0 aliphatic rings. The SMILES string of the molecule is CCC(C)c1cccc(OCOc2ccc(-c3ccccc3)cc2)c1. The minimum atomic E-state index is 0.203. The van der Waals surface area contributed by atoms with Crippen LogP contribution < -0.4 is 9.47 Å². The molecule has 0 bridgehead atoms. The van der Waals surface area contributed by atoms with E-state index in [0.29, 0.717) is 5.92 Å². The Morgan fingerprint density at radius 2 is 1.40 bits per heavy atom. The van der Waals surface area contributed by atoms with Crippen molar-refractivity contribution in [3.05, 3.63) is 84.4 Å². The monoisotopic (exact) mass is 332 g/mol. The van der Waals surface area contributed by atoms with Gasteiger partial charge in [0.15, 0.2) is 0 Å². The predicted octanol–water partition coefficient (Wildman–Crippen LogP) is 6.28. The highest BCUT2D eigenvalue weighted by molar-refractivity contribution is 5.63. The molecular weight excluding hydrogens is 308 g/mol. The number of hydrogen-bond acceptors (Lipinski definition) is 2. The molecule has 2 nitrogen and oxygen atoms in total. The van der Waals surface area contributed by atoms with Gasteiger partial charge in [-0.3, -0.25) is 0 Å². The summed E-state index contributed by atoms with van der Waals surface area (Å²) in [5.41, 5.74) is 3.68. The summed E-state index contributed by atoms with van der Waals surface area (Å²) >= 11 is 0. The first-order chi connectivity index (χ1) is 12.3. The van der Waals surface area contributed by atoms with E-state index in [1.807, 2.05) is 42.5 Å². The van der Waals surface area contributed by atoms with Gasteiger partial charge in [0.2, 0.25) is 6.79 Å². The van der Waals surface area contributed by atoms with E-state index in [-0.39, 0.29) is 6.79 Å². The molecule has 0 aliphatic carbocycles. The van der Waals surface area contributed by atoms with Gasteiger partial charge in [-0.05, 0) is 53.3 Å². The zero-order valence-electron chi connectivity index (χ0n) is 14.8. The molecule has 3 aromatic carbocycles. The Hall–Kier alpha value is -2.74. The highest BCUT2D eigenvalue weighted by Crippen LogP contribution is 2.24. The van der Waals surface area contributed by atoms with Crippen LogP contribution in [0.15, 0.2) is 78.9 Å². The Morgan fingerprint density at radius 1 is 0.720 bits per heavy atom. The van der Waals surface area contributed by atoms with Gasteiger partial charge >= 0.3 is 0 Å². The standard InChI is InChI=1S/C23H24O2/c1-3-18(2)21-10-7-11-23(16-21)25-17-24-22-14-12-20(13-15-22)19-8-5-4-6-9-19/h4-16,18H,3,17H2,1-2H3. The van der Waals surface area contributed by atoms with E-state index in [1.165, 1.54) is 16.7 Å². The zero-order chi connectivity index (χ0) is 17.5. The van der Waals surface area contributed by atoms with E-state index in [2.05, 4.69) is 50.2 Å². The number of ether oxygens (including phenoxy) is 2. The van der Waals surface area contributed by atoms with Crippen LogP contribution in [0, 0.1) is 0 Å². The Balaban J connectivity index is 1.56. The smallest absolute Gasteiger partial charge is 0.230 e. The fraction of sp³-hybridized carbons (Fsp3) is 0.217. The highest BCUT2D eigenvalue weighted by Gasteiger charge is 2.04. The third kappa shape index (κ3) is 4.63. The fourth-order valence-electron chi connectivity index (χ4n) is 2.69. The predicted molar refractivity (Wildman–Crippen MR) is 103 cm³/mol. The molecule has 1 atom stereocenters. The lowest BCUT2D eigenvalue weighted by Gasteiger charge is -2.12. The van der Waals surface area contributed by atoms with Crippen LogP contribution in [0.25, 0.3) is 11.1 Å². The Morgan fingerprint density at radius 3 is 2.12 bits per heavy atom. The molecule has 0 radical (unpaired) electrons. The molecule has 3 rings (SSSR count). The second-order valence-electron chi connectivity index (χ2n) is 6.18. The summed E-state index contributed by atoms with van der Waals surface area (Å²) in [5, 5.41) is 0. The van der Waals surface area contributed by atoms with Crippen LogP contribution >= 0.6 is 0 Å². The first-order valence-electron chi connectivity index (χ1n) is 8.77. The van der Waals surface area contributed by atoms with Gasteiger partial charge in [-0.1, -0.05) is 68.4 Å².